The molecule has 5 rings (SSSR count). The Balaban J connectivity index is 1.23. The minimum Gasteiger partial charge on any atom is -0.484 e. The Morgan fingerprint density at radius 2 is 1.75 bits per heavy atom. The fourth-order valence-corrected chi connectivity index (χ4v) is 4.58. The number of piperazine rings is 1. The number of amides is 1. The third kappa shape index (κ3) is 4.20. The minimum atomic E-state index is -0.0328. The van der Waals surface area contributed by atoms with Gasteiger partial charge >= 0.3 is 0 Å². The first kappa shape index (κ1) is 20.5. The summed E-state index contributed by atoms with van der Waals surface area (Å²) in [5.41, 5.74) is 1.87. The molecule has 0 bridgehead atoms. The molecule has 0 unspecified atom stereocenters. The SMILES string of the molecule is O=C(COc1ccc2nc3n(c(=O)c2c1)CCCCC3)N1CCN(c2ccccc2)CC1. The lowest BCUT2D eigenvalue weighted by Gasteiger charge is -2.36. The third-order valence-electron chi connectivity index (χ3n) is 6.40. The molecule has 7 nitrogen and oxygen atoms in total. The number of fused-ring (bicyclic) bond motifs is 2. The van der Waals surface area contributed by atoms with Gasteiger partial charge in [-0.15, -0.1) is 0 Å². The van der Waals surface area contributed by atoms with Crippen LogP contribution in [0.1, 0.15) is 25.1 Å². The van der Waals surface area contributed by atoms with E-state index in [-0.39, 0.29) is 18.1 Å². The summed E-state index contributed by atoms with van der Waals surface area (Å²) < 4.78 is 7.59. The lowest BCUT2D eigenvalue weighted by Crippen LogP contribution is -2.50. The van der Waals surface area contributed by atoms with Gasteiger partial charge in [-0.05, 0) is 43.2 Å². The van der Waals surface area contributed by atoms with E-state index in [4.69, 9.17) is 9.72 Å². The second-order valence-corrected chi connectivity index (χ2v) is 8.47. The molecule has 0 aliphatic carbocycles. The Morgan fingerprint density at radius 1 is 0.938 bits per heavy atom. The van der Waals surface area contributed by atoms with Crippen LogP contribution in [0.4, 0.5) is 5.69 Å². The summed E-state index contributed by atoms with van der Waals surface area (Å²) in [4.78, 5) is 34.5. The zero-order valence-corrected chi connectivity index (χ0v) is 18.2. The molecule has 32 heavy (non-hydrogen) atoms. The van der Waals surface area contributed by atoms with E-state index < -0.39 is 0 Å². The van der Waals surface area contributed by atoms with Crippen LogP contribution in [0, 0.1) is 0 Å². The van der Waals surface area contributed by atoms with E-state index in [1.807, 2.05) is 29.2 Å². The number of rotatable bonds is 4. The second kappa shape index (κ2) is 9.02. The second-order valence-electron chi connectivity index (χ2n) is 8.47. The van der Waals surface area contributed by atoms with Crippen LogP contribution < -0.4 is 15.2 Å². The van der Waals surface area contributed by atoms with E-state index in [1.54, 1.807) is 16.7 Å². The van der Waals surface area contributed by atoms with Gasteiger partial charge in [-0.3, -0.25) is 14.2 Å². The fraction of sp³-hybridized carbons (Fsp3) is 0.400. The molecule has 1 amide bonds. The highest BCUT2D eigenvalue weighted by atomic mass is 16.5. The number of aryl methyl sites for hydroxylation is 1. The van der Waals surface area contributed by atoms with Crippen LogP contribution in [0.25, 0.3) is 10.9 Å². The van der Waals surface area contributed by atoms with Crippen LogP contribution in [0.5, 0.6) is 5.75 Å². The smallest absolute Gasteiger partial charge is 0.261 e. The predicted octanol–water partition coefficient (Wildman–Crippen LogP) is 2.85. The van der Waals surface area contributed by atoms with Crippen LogP contribution in [0.2, 0.25) is 0 Å². The molecule has 3 aromatic rings. The number of hydrogen-bond donors (Lipinski definition) is 0. The molecule has 2 aliphatic rings. The molecule has 0 atom stereocenters. The lowest BCUT2D eigenvalue weighted by atomic mass is 10.2. The van der Waals surface area contributed by atoms with Crippen molar-refractivity contribution in [3.05, 3.63) is 64.7 Å². The van der Waals surface area contributed by atoms with Gasteiger partial charge in [0.2, 0.25) is 0 Å². The number of carbonyl (C=O) groups excluding carboxylic acids is 1. The summed E-state index contributed by atoms with van der Waals surface area (Å²) >= 11 is 0. The van der Waals surface area contributed by atoms with E-state index in [0.717, 1.165) is 51.1 Å². The van der Waals surface area contributed by atoms with Gasteiger partial charge in [-0.25, -0.2) is 4.98 Å². The van der Waals surface area contributed by atoms with Crippen molar-refractivity contribution in [2.24, 2.45) is 0 Å². The maximum absolute atomic E-state index is 13.0. The van der Waals surface area contributed by atoms with Gasteiger partial charge in [0.05, 0.1) is 10.9 Å². The number of hydrogen-bond acceptors (Lipinski definition) is 5. The van der Waals surface area contributed by atoms with Crippen LogP contribution in [-0.2, 0) is 17.8 Å². The van der Waals surface area contributed by atoms with E-state index in [2.05, 4.69) is 17.0 Å². The van der Waals surface area contributed by atoms with E-state index >= 15 is 0 Å². The van der Waals surface area contributed by atoms with Gasteiger partial charge in [0, 0.05) is 44.8 Å². The van der Waals surface area contributed by atoms with Crippen molar-refractivity contribution in [2.45, 2.75) is 32.2 Å². The Morgan fingerprint density at radius 3 is 2.56 bits per heavy atom. The number of para-hydroxylation sites is 1. The maximum Gasteiger partial charge on any atom is 0.261 e. The zero-order chi connectivity index (χ0) is 21.9. The summed E-state index contributed by atoms with van der Waals surface area (Å²) in [5.74, 6) is 1.37. The Labute approximate surface area is 187 Å². The molecule has 1 fully saturated rings. The molecule has 0 spiro atoms. The van der Waals surface area contributed by atoms with Crippen molar-refractivity contribution in [1.29, 1.82) is 0 Å². The van der Waals surface area contributed by atoms with Gasteiger partial charge in [0.1, 0.15) is 11.6 Å². The van der Waals surface area contributed by atoms with Crippen molar-refractivity contribution in [3.63, 3.8) is 0 Å². The van der Waals surface area contributed by atoms with Gasteiger partial charge in [-0.2, -0.15) is 0 Å². The number of nitrogens with zero attached hydrogens (tertiary/aromatic N) is 4. The topological polar surface area (TPSA) is 67.7 Å². The van der Waals surface area contributed by atoms with Crippen molar-refractivity contribution < 1.29 is 9.53 Å². The highest BCUT2D eigenvalue weighted by molar-refractivity contribution is 5.80. The molecular formula is C25H28N4O3. The Bertz CT molecular complexity index is 1170. The van der Waals surface area contributed by atoms with E-state index in [1.165, 1.54) is 5.69 Å². The molecule has 166 valence electrons. The summed E-state index contributed by atoms with van der Waals surface area (Å²) in [6, 6.07) is 15.6. The van der Waals surface area contributed by atoms with Crippen LogP contribution in [0.3, 0.4) is 0 Å². The van der Waals surface area contributed by atoms with Crippen LogP contribution >= 0.6 is 0 Å². The first-order valence-corrected chi connectivity index (χ1v) is 11.4. The van der Waals surface area contributed by atoms with Crippen molar-refractivity contribution in [1.82, 2.24) is 14.5 Å². The Hall–Kier alpha value is -3.35. The van der Waals surface area contributed by atoms with E-state index in [0.29, 0.717) is 29.7 Å². The summed E-state index contributed by atoms with van der Waals surface area (Å²) in [6.07, 6.45) is 4.04. The number of ether oxygens (including phenoxy) is 1. The molecule has 3 heterocycles. The first-order valence-electron chi connectivity index (χ1n) is 11.4. The molecule has 7 heteroatoms. The molecule has 0 saturated carbocycles. The van der Waals surface area contributed by atoms with Gasteiger partial charge in [0.25, 0.3) is 11.5 Å². The predicted molar refractivity (Wildman–Crippen MR) is 124 cm³/mol. The first-order chi connectivity index (χ1) is 15.7. The molecule has 2 aromatic carbocycles. The normalized spacial score (nSPS) is 16.5. The van der Waals surface area contributed by atoms with Gasteiger partial charge in [0.15, 0.2) is 6.61 Å². The molecule has 1 saturated heterocycles. The average molecular weight is 433 g/mol. The molecule has 0 N–H and O–H groups in total. The number of anilines is 1. The lowest BCUT2D eigenvalue weighted by molar-refractivity contribution is -0.133. The van der Waals surface area contributed by atoms with Gasteiger partial charge < -0.3 is 14.5 Å². The number of aromatic nitrogens is 2. The summed E-state index contributed by atoms with van der Waals surface area (Å²) in [5, 5.41) is 0.553. The minimum absolute atomic E-state index is 0.0132. The number of carbonyl (C=O) groups is 1. The molecule has 2 aliphatic heterocycles. The monoisotopic (exact) mass is 432 g/mol. The highest BCUT2D eigenvalue weighted by Crippen LogP contribution is 2.20. The summed E-state index contributed by atoms with van der Waals surface area (Å²) in [7, 11) is 0. The van der Waals surface area contributed by atoms with Crippen molar-refractivity contribution in [2.75, 3.05) is 37.7 Å². The van der Waals surface area contributed by atoms with E-state index in [9.17, 15) is 9.59 Å². The third-order valence-corrected chi connectivity index (χ3v) is 6.40. The maximum atomic E-state index is 13.0. The highest BCUT2D eigenvalue weighted by Gasteiger charge is 2.22. The largest absolute Gasteiger partial charge is 0.484 e. The van der Waals surface area contributed by atoms with Crippen LogP contribution in [0.15, 0.2) is 53.3 Å². The fourth-order valence-electron chi connectivity index (χ4n) is 4.58. The van der Waals surface area contributed by atoms with Crippen molar-refractivity contribution >= 4 is 22.5 Å². The average Bonchev–Trinajstić information content (AvgIpc) is 3.09. The molecular weight excluding hydrogens is 404 g/mol. The quantitative estimate of drug-likeness (QED) is 0.634. The standard InChI is InChI=1S/C25H28N4O3/c30-24(28-15-13-27(14-16-28)19-7-3-1-4-8-19)18-32-20-10-11-22-21(17-20)25(31)29-12-6-2-5-9-23(29)26-22/h1,3-4,7-8,10-11,17H,2,5-6,9,12-16,18H2. The van der Waals surface area contributed by atoms with Crippen LogP contribution in [-0.4, -0.2) is 53.1 Å². The molecule has 1 aromatic heterocycles. The molecule has 0 radical (unpaired) electrons. The zero-order valence-electron chi connectivity index (χ0n) is 18.2. The van der Waals surface area contributed by atoms with Gasteiger partial charge in [-0.1, -0.05) is 24.6 Å². The summed E-state index contributed by atoms with van der Waals surface area (Å²) in [6.45, 7) is 3.64. The van der Waals surface area contributed by atoms with Crippen molar-refractivity contribution in [3.8, 4) is 5.75 Å². The Kier molecular flexibility index (Phi) is 5.79. The number of benzene rings is 2.